The molecule has 0 aromatic heterocycles. The second-order valence-electron chi connectivity index (χ2n) is 7.31. The molecular weight excluding hydrogens is 342 g/mol. The van der Waals surface area contributed by atoms with E-state index in [1.165, 1.54) is 11.1 Å². The molecule has 2 aliphatic rings. The van der Waals surface area contributed by atoms with Crippen LogP contribution in [-0.2, 0) is 27.2 Å². The van der Waals surface area contributed by atoms with Crippen molar-refractivity contribution in [2.45, 2.75) is 45.6 Å². The van der Waals surface area contributed by atoms with Gasteiger partial charge < -0.3 is 15.0 Å². The van der Waals surface area contributed by atoms with Crippen molar-refractivity contribution in [1.82, 2.24) is 9.80 Å². The molecule has 2 heterocycles. The summed E-state index contributed by atoms with van der Waals surface area (Å²) in [5.41, 5.74) is 3.32. The fraction of sp³-hybridized carbons (Fsp3) is 0.619. The third-order valence-corrected chi connectivity index (χ3v) is 5.52. The van der Waals surface area contributed by atoms with Crippen molar-refractivity contribution >= 4 is 17.5 Å². The van der Waals surface area contributed by atoms with Crippen molar-refractivity contribution in [3.63, 3.8) is 0 Å². The molecule has 27 heavy (non-hydrogen) atoms. The lowest BCUT2D eigenvalue weighted by atomic mass is 10.0. The molecule has 2 fully saturated rings. The number of benzene rings is 1. The second kappa shape index (κ2) is 9.33. The van der Waals surface area contributed by atoms with Crippen LogP contribution in [0.5, 0.6) is 0 Å². The fourth-order valence-electron chi connectivity index (χ4n) is 3.89. The smallest absolute Gasteiger partial charge is 0.251 e. The topological polar surface area (TPSA) is 61.9 Å². The van der Waals surface area contributed by atoms with Crippen molar-refractivity contribution in [2.24, 2.45) is 0 Å². The van der Waals surface area contributed by atoms with Crippen molar-refractivity contribution in [3.8, 4) is 0 Å². The van der Waals surface area contributed by atoms with E-state index in [4.69, 9.17) is 4.74 Å². The van der Waals surface area contributed by atoms with Gasteiger partial charge in [0.05, 0.1) is 6.54 Å². The maximum Gasteiger partial charge on any atom is 0.251 e. The lowest BCUT2D eigenvalue weighted by Crippen LogP contribution is -2.52. The summed E-state index contributed by atoms with van der Waals surface area (Å²) in [7, 11) is 0. The number of piperazine rings is 1. The Bertz CT molecular complexity index is 640. The summed E-state index contributed by atoms with van der Waals surface area (Å²) < 4.78 is 5.50. The van der Waals surface area contributed by atoms with Crippen LogP contribution in [0, 0.1) is 0 Å². The molecule has 2 amide bonds. The molecule has 0 spiro atoms. The number of nitrogens with one attached hydrogen (secondary N) is 1. The average Bonchev–Trinajstić information content (AvgIpc) is 3.23. The third-order valence-electron chi connectivity index (χ3n) is 5.52. The Morgan fingerprint density at radius 2 is 1.78 bits per heavy atom. The Kier molecular flexibility index (Phi) is 6.85. The van der Waals surface area contributed by atoms with Gasteiger partial charge in [-0.15, -0.1) is 0 Å². The Balaban J connectivity index is 1.51. The van der Waals surface area contributed by atoms with Crippen molar-refractivity contribution in [2.75, 3.05) is 44.6 Å². The Hall–Kier alpha value is -1.92. The van der Waals surface area contributed by atoms with Gasteiger partial charge in [-0.05, 0) is 36.8 Å². The third kappa shape index (κ3) is 4.87. The van der Waals surface area contributed by atoms with E-state index in [1.54, 1.807) is 0 Å². The van der Waals surface area contributed by atoms with E-state index >= 15 is 0 Å². The van der Waals surface area contributed by atoms with Crippen LogP contribution in [0.15, 0.2) is 18.2 Å². The van der Waals surface area contributed by atoms with Crippen molar-refractivity contribution in [1.29, 1.82) is 0 Å². The summed E-state index contributed by atoms with van der Waals surface area (Å²) in [5.74, 6) is 0.130. The summed E-state index contributed by atoms with van der Waals surface area (Å²) in [6, 6.07) is 6.20. The number of rotatable bonds is 6. The fourth-order valence-corrected chi connectivity index (χ4v) is 3.89. The Labute approximate surface area is 161 Å². The molecule has 0 radical (unpaired) electrons. The number of hydrogen-bond donors (Lipinski definition) is 1. The number of aryl methyl sites for hydroxylation is 2. The normalized spacial score (nSPS) is 20.7. The van der Waals surface area contributed by atoms with Gasteiger partial charge in [-0.25, -0.2) is 0 Å². The van der Waals surface area contributed by atoms with Gasteiger partial charge in [0.2, 0.25) is 5.91 Å². The number of nitrogens with zero attached hydrogens (tertiary/aromatic N) is 2. The maximum atomic E-state index is 12.6. The van der Waals surface area contributed by atoms with Gasteiger partial charge in [0, 0.05) is 38.5 Å². The maximum absolute atomic E-state index is 12.6. The van der Waals surface area contributed by atoms with Crippen LogP contribution in [-0.4, -0.2) is 67.0 Å². The zero-order valence-corrected chi connectivity index (χ0v) is 16.5. The summed E-state index contributed by atoms with van der Waals surface area (Å²) in [6.07, 6.45) is 3.34. The van der Waals surface area contributed by atoms with E-state index in [1.807, 2.05) is 4.90 Å². The second-order valence-corrected chi connectivity index (χ2v) is 7.31. The lowest BCUT2D eigenvalue weighted by molar-refractivity contribution is -0.142. The molecule has 6 nitrogen and oxygen atoms in total. The van der Waals surface area contributed by atoms with Gasteiger partial charge in [0.25, 0.3) is 5.91 Å². The first-order chi connectivity index (χ1) is 13.1. The number of hydrogen-bond acceptors (Lipinski definition) is 4. The van der Waals surface area contributed by atoms with Crippen LogP contribution in [0.2, 0.25) is 0 Å². The number of amides is 2. The van der Waals surface area contributed by atoms with Gasteiger partial charge in [-0.2, -0.15) is 0 Å². The number of carbonyl (C=O) groups excluding carboxylic acids is 2. The zero-order valence-electron chi connectivity index (χ0n) is 16.5. The average molecular weight is 373 g/mol. The van der Waals surface area contributed by atoms with E-state index in [2.05, 4.69) is 42.3 Å². The van der Waals surface area contributed by atoms with E-state index < -0.39 is 0 Å². The summed E-state index contributed by atoms with van der Waals surface area (Å²) >= 11 is 0. The summed E-state index contributed by atoms with van der Waals surface area (Å²) in [4.78, 5) is 29.0. The van der Waals surface area contributed by atoms with Crippen LogP contribution >= 0.6 is 0 Å². The Morgan fingerprint density at radius 1 is 1.11 bits per heavy atom. The quantitative estimate of drug-likeness (QED) is 0.829. The SMILES string of the molecule is CCc1cccc(CC)c1NC(=O)CN1CCN(C(=O)[C@H]2CCCO2)CC1. The molecule has 0 aliphatic carbocycles. The van der Waals surface area contributed by atoms with Crippen LogP contribution in [0.3, 0.4) is 0 Å². The van der Waals surface area contributed by atoms with Crippen molar-refractivity contribution < 1.29 is 14.3 Å². The zero-order chi connectivity index (χ0) is 19.2. The molecule has 6 heteroatoms. The highest BCUT2D eigenvalue weighted by molar-refractivity contribution is 5.94. The van der Waals surface area contributed by atoms with E-state index in [9.17, 15) is 9.59 Å². The van der Waals surface area contributed by atoms with Crippen LogP contribution < -0.4 is 5.32 Å². The summed E-state index contributed by atoms with van der Waals surface area (Å²) in [5, 5.41) is 3.13. The molecule has 1 atom stereocenters. The van der Waals surface area contributed by atoms with Gasteiger partial charge in [0.1, 0.15) is 6.10 Å². The van der Waals surface area contributed by atoms with E-state index in [0.29, 0.717) is 26.2 Å². The highest BCUT2D eigenvalue weighted by Gasteiger charge is 2.30. The molecule has 0 saturated carbocycles. The van der Waals surface area contributed by atoms with Gasteiger partial charge in [-0.1, -0.05) is 32.0 Å². The molecule has 1 N–H and O–H groups in total. The summed E-state index contributed by atoms with van der Waals surface area (Å²) in [6.45, 7) is 8.04. The minimum Gasteiger partial charge on any atom is -0.368 e. The monoisotopic (exact) mass is 373 g/mol. The molecule has 0 unspecified atom stereocenters. The Morgan fingerprint density at radius 3 is 2.33 bits per heavy atom. The number of ether oxygens (including phenoxy) is 1. The minimum atomic E-state index is -0.252. The molecule has 148 valence electrons. The molecule has 0 bridgehead atoms. The number of carbonyl (C=O) groups is 2. The molecule has 1 aromatic carbocycles. The molecule has 3 rings (SSSR count). The highest BCUT2D eigenvalue weighted by atomic mass is 16.5. The van der Waals surface area contributed by atoms with Crippen molar-refractivity contribution in [3.05, 3.63) is 29.3 Å². The van der Waals surface area contributed by atoms with Crippen LogP contribution in [0.4, 0.5) is 5.69 Å². The van der Waals surface area contributed by atoms with Crippen LogP contribution in [0.1, 0.15) is 37.8 Å². The predicted molar refractivity (Wildman–Crippen MR) is 106 cm³/mol. The van der Waals surface area contributed by atoms with E-state index in [-0.39, 0.29) is 17.9 Å². The first kappa shape index (κ1) is 19.8. The van der Waals surface area contributed by atoms with E-state index in [0.717, 1.165) is 44.5 Å². The lowest BCUT2D eigenvalue weighted by Gasteiger charge is -2.35. The molecular formula is C21H31N3O3. The van der Waals surface area contributed by atoms with Gasteiger partial charge >= 0.3 is 0 Å². The van der Waals surface area contributed by atoms with Gasteiger partial charge in [0.15, 0.2) is 0 Å². The van der Waals surface area contributed by atoms with Crippen LogP contribution in [0.25, 0.3) is 0 Å². The first-order valence-electron chi connectivity index (χ1n) is 10.2. The molecule has 2 aliphatic heterocycles. The predicted octanol–water partition coefficient (Wildman–Crippen LogP) is 2.07. The first-order valence-corrected chi connectivity index (χ1v) is 10.2. The van der Waals surface area contributed by atoms with Gasteiger partial charge in [-0.3, -0.25) is 14.5 Å². The number of anilines is 1. The molecule has 2 saturated heterocycles. The minimum absolute atomic E-state index is 0.0181. The highest BCUT2D eigenvalue weighted by Crippen LogP contribution is 2.22. The standard InChI is InChI=1S/C21H31N3O3/c1-3-16-7-5-8-17(4-2)20(16)22-19(25)15-23-10-12-24(13-11-23)21(26)18-9-6-14-27-18/h5,7-8,18H,3-4,6,9-15H2,1-2H3,(H,22,25)/t18-/m1/s1. The molecule has 1 aromatic rings. The largest absolute Gasteiger partial charge is 0.368 e. The number of para-hydroxylation sites is 1.